The van der Waals surface area contributed by atoms with Gasteiger partial charge in [0.05, 0.1) is 4.88 Å². The fraction of sp³-hybridized carbons (Fsp3) is 0.636. The molecule has 9 heteroatoms. The molecule has 2 amide bonds. The summed E-state index contributed by atoms with van der Waals surface area (Å²) in [5.74, 6) is 1.67. The molecule has 1 N–H and O–H groups in total. The maximum atomic E-state index is 13.2. The van der Waals surface area contributed by atoms with Crippen LogP contribution in [0.15, 0.2) is 17.5 Å². The van der Waals surface area contributed by atoms with Crippen LogP contribution in [-0.2, 0) is 9.59 Å². The van der Waals surface area contributed by atoms with E-state index >= 15 is 0 Å². The Bertz CT molecular complexity index is 938. The van der Waals surface area contributed by atoms with Gasteiger partial charge in [-0.3, -0.25) is 19.3 Å². The van der Waals surface area contributed by atoms with Gasteiger partial charge in [-0.2, -0.15) is 5.10 Å². The summed E-state index contributed by atoms with van der Waals surface area (Å²) in [5.41, 5.74) is 0. The number of amides is 2. The first kappa shape index (κ1) is 22.2. The van der Waals surface area contributed by atoms with Crippen molar-refractivity contribution in [2.45, 2.75) is 57.9 Å². The van der Waals surface area contributed by atoms with E-state index in [-0.39, 0.29) is 11.8 Å². The lowest BCUT2D eigenvalue weighted by atomic mass is 9.86. The second kappa shape index (κ2) is 10.1. The maximum absolute atomic E-state index is 13.2. The van der Waals surface area contributed by atoms with Crippen LogP contribution in [0.1, 0.15) is 57.9 Å². The highest BCUT2D eigenvalue weighted by molar-refractivity contribution is 7.71. The summed E-state index contributed by atoms with van der Waals surface area (Å²) in [7, 11) is 0. The Morgan fingerprint density at radius 3 is 2.58 bits per heavy atom. The molecule has 3 heterocycles. The normalized spacial score (nSPS) is 18.9. The average Bonchev–Trinajstić information content (AvgIpc) is 3.47. The molecule has 0 bridgehead atoms. The van der Waals surface area contributed by atoms with Crippen molar-refractivity contribution in [3.63, 3.8) is 0 Å². The van der Waals surface area contributed by atoms with Gasteiger partial charge in [-0.25, -0.2) is 0 Å². The van der Waals surface area contributed by atoms with Gasteiger partial charge in [-0.1, -0.05) is 38.2 Å². The lowest BCUT2D eigenvalue weighted by Crippen LogP contribution is -2.52. The van der Waals surface area contributed by atoms with E-state index in [1.807, 2.05) is 34.2 Å². The zero-order chi connectivity index (χ0) is 21.8. The number of aromatic nitrogens is 3. The van der Waals surface area contributed by atoms with Gasteiger partial charge in [0.1, 0.15) is 6.04 Å². The van der Waals surface area contributed by atoms with Crippen LogP contribution < -0.4 is 0 Å². The summed E-state index contributed by atoms with van der Waals surface area (Å²) < 4.78 is 2.24. The van der Waals surface area contributed by atoms with E-state index in [0.717, 1.165) is 17.2 Å². The van der Waals surface area contributed by atoms with E-state index in [9.17, 15) is 9.59 Å². The van der Waals surface area contributed by atoms with Crippen molar-refractivity contribution in [1.29, 1.82) is 0 Å². The SMILES string of the molecule is CC(C(=O)N1CCN(C(=O)CCC2CCCCC2)CC1)n1c(-c2cccs2)n[nH]c1=S. The predicted molar refractivity (Wildman–Crippen MR) is 124 cm³/mol. The smallest absolute Gasteiger partial charge is 0.245 e. The van der Waals surface area contributed by atoms with Gasteiger partial charge in [0, 0.05) is 32.6 Å². The van der Waals surface area contributed by atoms with E-state index in [4.69, 9.17) is 12.2 Å². The van der Waals surface area contributed by atoms with E-state index < -0.39 is 6.04 Å². The molecule has 7 nitrogen and oxygen atoms in total. The second-order valence-electron chi connectivity index (χ2n) is 8.62. The molecule has 0 spiro atoms. The van der Waals surface area contributed by atoms with Gasteiger partial charge in [0.25, 0.3) is 0 Å². The number of aromatic amines is 1. The van der Waals surface area contributed by atoms with Crippen LogP contribution in [0, 0.1) is 10.7 Å². The summed E-state index contributed by atoms with van der Waals surface area (Å²) >= 11 is 6.97. The third kappa shape index (κ3) is 5.09. The molecule has 2 aromatic heterocycles. The largest absolute Gasteiger partial charge is 0.339 e. The highest BCUT2D eigenvalue weighted by Crippen LogP contribution is 2.28. The minimum atomic E-state index is -0.447. The van der Waals surface area contributed by atoms with Crippen molar-refractivity contribution < 1.29 is 9.59 Å². The molecule has 2 fully saturated rings. The zero-order valence-electron chi connectivity index (χ0n) is 18.1. The standard InChI is InChI=1S/C22H31N5O2S2/c1-16(27-20(23-24-22(27)30)18-8-5-15-31-18)21(29)26-13-11-25(12-14-26)19(28)10-9-17-6-3-2-4-7-17/h5,8,15-17H,2-4,6-7,9-14H2,1H3,(H,24,30). The Balaban J connectivity index is 1.32. The van der Waals surface area contributed by atoms with E-state index in [1.165, 1.54) is 32.1 Å². The van der Waals surface area contributed by atoms with Crippen molar-refractivity contribution in [3.05, 3.63) is 22.3 Å². The van der Waals surface area contributed by atoms with Crippen LogP contribution in [0.25, 0.3) is 10.7 Å². The first-order valence-corrected chi connectivity index (χ1v) is 12.6. The first-order valence-electron chi connectivity index (χ1n) is 11.3. The van der Waals surface area contributed by atoms with E-state index in [0.29, 0.717) is 43.2 Å². The molecule has 1 aliphatic heterocycles. The number of H-pyrrole nitrogens is 1. The van der Waals surface area contributed by atoms with Crippen LogP contribution in [-0.4, -0.2) is 62.6 Å². The second-order valence-corrected chi connectivity index (χ2v) is 9.96. The fourth-order valence-electron chi connectivity index (χ4n) is 4.76. The molecule has 2 aromatic rings. The minimum Gasteiger partial charge on any atom is -0.339 e. The van der Waals surface area contributed by atoms with E-state index in [1.54, 1.807) is 15.9 Å². The molecule has 0 radical (unpaired) electrons. The number of hydrogen-bond acceptors (Lipinski definition) is 5. The molecule has 0 aromatic carbocycles. The number of hydrogen-bond donors (Lipinski definition) is 1. The summed E-state index contributed by atoms with van der Waals surface area (Å²) in [6.07, 6.45) is 8.18. The molecule has 1 atom stereocenters. The molecule has 2 aliphatic rings. The van der Waals surface area contributed by atoms with Crippen LogP contribution in [0.4, 0.5) is 0 Å². The van der Waals surface area contributed by atoms with Crippen molar-refractivity contribution in [2.24, 2.45) is 5.92 Å². The van der Waals surface area contributed by atoms with Gasteiger partial charge in [0.15, 0.2) is 10.6 Å². The summed E-state index contributed by atoms with van der Waals surface area (Å²) in [4.78, 5) is 30.6. The average molecular weight is 462 g/mol. The fourth-order valence-corrected chi connectivity index (χ4v) is 5.76. The number of carbonyl (C=O) groups excluding carboxylic acids is 2. The number of thiophene rings is 1. The Morgan fingerprint density at radius 1 is 1.19 bits per heavy atom. The Labute approximate surface area is 192 Å². The zero-order valence-corrected chi connectivity index (χ0v) is 19.7. The van der Waals surface area contributed by atoms with Gasteiger partial charge in [-0.05, 0) is 42.9 Å². The number of nitrogens with one attached hydrogen (secondary N) is 1. The lowest BCUT2D eigenvalue weighted by Gasteiger charge is -2.36. The molecule has 1 unspecified atom stereocenters. The molecular formula is C22H31N5O2S2. The van der Waals surface area contributed by atoms with Gasteiger partial charge >= 0.3 is 0 Å². The highest BCUT2D eigenvalue weighted by Gasteiger charge is 2.29. The van der Waals surface area contributed by atoms with Gasteiger partial charge in [0.2, 0.25) is 11.8 Å². The molecule has 4 rings (SSSR count). The highest BCUT2D eigenvalue weighted by atomic mass is 32.1. The molecule has 1 saturated heterocycles. The van der Waals surface area contributed by atoms with Crippen LogP contribution in [0.5, 0.6) is 0 Å². The first-order chi connectivity index (χ1) is 15.0. The third-order valence-corrected chi connectivity index (χ3v) is 7.78. The molecule has 31 heavy (non-hydrogen) atoms. The van der Waals surface area contributed by atoms with Gasteiger partial charge in [-0.15, -0.1) is 11.3 Å². The molecular weight excluding hydrogens is 430 g/mol. The topological polar surface area (TPSA) is 74.2 Å². The van der Waals surface area contributed by atoms with Crippen LogP contribution in [0.3, 0.4) is 0 Å². The number of nitrogens with zero attached hydrogens (tertiary/aromatic N) is 4. The minimum absolute atomic E-state index is 0.0182. The maximum Gasteiger partial charge on any atom is 0.245 e. The Kier molecular flexibility index (Phi) is 7.22. The monoisotopic (exact) mass is 461 g/mol. The molecule has 1 aliphatic carbocycles. The summed E-state index contributed by atoms with van der Waals surface area (Å²) in [5, 5.41) is 9.14. The van der Waals surface area contributed by atoms with Gasteiger partial charge < -0.3 is 9.80 Å². The third-order valence-electron chi connectivity index (χ3n) is 6.63. The van der Waals surface area contributed by atoms with Crippen LogP contribution in [0.2, 0.25) is 0 Å². The quantitative estimate of drug-likeness (QED) is 0.652. The number of piperazine rings is 1. The summed E-state index contributed by atoms with van der Waals surface area (Å²) in [6.45, 7) is 4.22. The van der Waals surface area contributed by atoms with Crippen LogP contribution >= 0.6 is 23.6 Å². The predicted octanol–water partition coefficient (Wildman–Crippen LogP) is 4.26. The van der Waals surface area contributed by atoms with Crippen molar-refractivity contribution in [3.8, 4) is 10.7 Å². The van der Waals surface area contributed by atoms with Crippen molar-refractivity contribution in [2.75, 3.05) is 26.2 Å². The summed E-state index contributed by atoms with van der Waals surface area (Å²) in [6, 6.07) is 3.48. The van der Waals surface area contributed by atoms with Crippen molar-refractivity contribution in [1.82, 2.24) is 24.6 Å². The number of rotatable bonds is 6. The Hall–Kier alpha value is -2.00. The van der Waals surface area contributed by atoms with Crippen molar-refractivity contribution >= 4 is 35.4 Å². The Morgan fingerprint density at radius 2 is 1.90 bits per heavy atom. The molecule has 168 valence electrons. The van der Waals surface area contributed by atoms with E-state index in [2.05, 4.69) is 10.2 Å². The number of carbonyl (C=O) groups is 2. The molecule has 1 saturated carbocycles. The lowest BCUT2D eigenvalue weighted by molar-refractivity contribution is -0.141.